The van der Waals surface area contributed by atoms with Gasteiger partial charge in [0, 0.05) is 18.0 Å². The van der Waals surface area contributed by atoms with E-state index < -0.39 is 0 Å². The van der Waals surface area contributed by atoms with Crippen LogP contribution in [0.5, 0.6) is 11.5 Å². The number of nitrogens with zero attached hydrogens (tertiary/aromatic N) is 2. The summed E-state index contributed by atoms with van der Waals surface area (Å²) in [6.45, 7) is 0.999. The largest absolute Gasteiger partial charge is 0.486 e. The van der Waals surface area contributed by atoms with Crippen molar-refractivity contribution in [2.24, 2.45) is 0 Å². The van der Waals surface area contributed by atoms with Gasteiger partial charge in [0.1, 0.15) is 18.9 Å². The van der Waals surface area contributed by atoms with Crippen molar-refractivity contribution in [1.82, 2.24) is 9.97 Å². The number of fused-ring (bicyclic) bond motifs is 1. The van der Waals surface area contributed by atoms with E-state index in [0.29, 0.717) is 40.6 Å². The smallest absolute Gasteiger partial charge is 0.179 e. The van der Waals surface area contributed by atoms with Gasteiger partial charge in [0.2, 0.25) is 0 Å². The summed E-state index contributed by atoms with van der Waals surface area (Å²) in [7, 11) is 0. The zero-order valence-electron chi connectivity index (χ0n) is 9.19. The van der Waals surface area contributed by atoms with E-state index in [0.717, 1.165) is 5.56 Å². The number of hydrogen-bond donors (Lipinski definition) is 0. The molecule has 3 rings (SSSR count). The molecule has 0 bridgehead atoms. The van der Waals surface area contributed by atoms with Crippen molar-refractivity contribution in [3.05, 3.63) is 34.7 Å². The van der Waals surface area contributed by atoms with Gasteiger partial charge >= 0.3 is 0 Å². The summed E-state index contributed by atoms with van der Waals surface area (Å²) in [4.78, 5) is 8.17. The van der Waals surface area contributed by atoms with E-state index in [-0.39, 0.29) is 0 Å². The molecule has 6 heteroatoms. The van der Waals surface area contributed by atoms with Crippen LogP contribution in [0.15, 0.2) is 24.5 Å². The number of aromatic nitrogens is 2. The Labute approximate surface area is 113 Å². The predicted molar refractivity (Wildman–Crippen MR) is 68.5 cm³/mol. The maximum absolute atomic E-state index is 6.15. The van der Waals surface area contributed by atoms with Crippen LogP contribution in [0, 0.1) is 0 Å². The SMILES string of the molecule is Clc1cc(-c2nccnc2Cl)cc2c1OCCO2. The zero-order valence-corrected chi connectivity index (χ0v) is 10.7. The summed E-state index contributed by atoms with van der Waals surface area (Å²) < 4.78 is 11.0. The molecule has 0 radical (unpaired) electrons. The molecule has 0 aliphatic carbocycles. The van der Waals surface area contributed by atoms with Crippen LogP contribution in [-0.4, -0.2) is 23.2 Å². The van der Waals surface area contributed by atoms with Crippen molar-refractivity contribution in [3.8, 4) is 22.8 Å². The van der Waals surface area contributed by atoms with Crippen LogP contribution in [0.2, 0.25) is 10.2 Å². The van der Waals surface area contributed by atoms with Crippen LogP contribution >= 0.6 is 23.2 Å². The van der Waals surface area contributed by atoms with Crippen LogP contribution in [-0.2, 0) is 0 Å². The molecule has 1 aliphatic heterocycles. The van der Waals surface area contributed by atoms with E-state index in [1.54, 1.807) is 18.3 Å². The molecule has 0 N–H and O–H groups in total. The number of halogens is 2. The Morgan fingerprint density at radius 3 is 2.61 bits per heavy atom. The highest BCUT2D eigenvalue weighted by Crippen LogP contribution is 2.41. The van der Waals surface area contributed by atoms with Gasteiger partial charge in [-0.05, 0) is 12.1 Å². The molecule has 0 fully saturated rings. The second kappa shape index (κ2) is 4.63. The Hall–Kier alpha value is -1.52. The Kier molecular flexibility index (Phi) is 2.97. The second-order valence-corrected chi connectivity index (χ2v) is 4.44. The lowest BCUT2D eigenvalue weighted by molar-refractivity contribution is 0.172. The lowest BCUT2D eigenvalue weighted by Crippen LogP contribution is -2.15. The molecule has 0 saturated heterocycles. The topological polar surface area (TPSA) is 44.2 Å². The minimum Gasteiger partial charge on any atom is -0.486 e. The zero-order chi connectivity index (χ0) is 12.5. The summed E-state index contributed by atoms with van der Waals surface area (Å²) >= 11 is 12.2. The second-order valence-electron chi connectivity index (χ2n) is 3.68. The Morgan fingerprint density at radius 2 is 1.78 bits per heavy atom. The summed E-state index contributed by atoms with van der Waals surface area (Å²) in [6, 6.07) is 3.54. The van der Waals surface area contributed by atoms with E-state index in [4.69, 9.17) is 32.7 Å². The maximum Gasteiger partial charge on any atom is 0.179 e. The van der Waals surface area contributed by atoms with Crippen molar-refractivity contribution in [3.63, 3.8) is 0 Å². The van der Waals surface area contributed by atoms with Crippen molar-refractivity contribution in [1.29, 1.82) is 0 Å². The average Bonchev–Trinajstić information content (AvgIpc) is 2.39. The van der Waals surface area contributed by atoms with Crippen LogP contribution < -0.4 is 9.47 Å². The van der Waals surface area contributed by atoms with E-state index >= 15 is 0 Å². The molecule has 1 aliphatic rings. The first-order valence-corrected chi connectivity index (χ1v) is 6.07. The number of rotatable bonds is 1. The van der Waals surface area contributed by atoms with Gasteiger partial charge in [0.05, 0.1) is 5.02 Å². The number of hydrogen-bond acceptors (Lipinski definition) is 4. The molecule has 0 amide bonds. The van der Waals surface area contributed by atoms with Gasteiger partial charge in [0.25, 0.3) is 0 Å². The fraction of sp³-hybridized carbons (Fsp3) is 0.167. The lowest BCUT2D eigenvalue weighted by atomic mass is 10.1. The lowest BCUT2D eigenvalue weighted by Gasteiger charge is -2.20. The highest BCUT2D eigenvalue weighted by molar-refractivity contribution is 6.33. The van der Waals surface area contributed by atoms with Gasteiger partial charge in [-0.15, -0.1) is 0 Å². The fourth-order valence-corrected chi connectivity index (χ4v) is 2.24. The van der Waals surface area contributed by atoms with Crippen molar-refractivity contribution in [2.45, 2.75) is 0 Å². The van der Waals surface area contributed by atoms with Gasteiger partial charge in [-0.25, -0.2) is 4.98 Å². The maximum atomic E-state index is 6.15. The Balaban J connectivity index is 2.14. The van der Waals surface area contributed by atoms with Crippen molar-refractivity contribution < 1.29 is 9.47 Å². The molecule has 2 heterocycles. The number of ether oxygens (including phenoxy) is 2. The highest BCUT2D eigenvalue weighted by Gasteiger charge is 2.18. The van der Waals surface area contributed by atoms with E-state index in [2.05, 4.69) is 9.97 Å². The summed E-state index contributed by atoms with van der Waals surface area (Å²) in [6.07, 6.45) is 3.11. The van der Waals surface area contributed by atoms with Crippen molar-refractivity contribution >= 4 is 23.2 Å². The minimum absolute atomic E-state index is 0.324. The molecular weight excluding hydrogens is 275 g/mol. The normalized spacial score (nSPS) is 13.4. The molecule has 2 aromatic rings. The van der Waals surface area contributed by atoms with Crippen LogP contribution in [0.4, 0.5) is 0 Å². The first-order valence-electron chi connectivity index (χ1n) is 5.32. The van der Waals surface area contributed by atoms with E-state index in [1.807, 2.05) is 0 Å². The predicted octanol–water partition coefficient (Wildman–Crippen LogP) is 3.22. The summed E-state index contributed by atoms with van der Waals surface area (Å²) in [5, 5.41) is 0.800. The first kappa shape index (κ1) is 11.6. The average molecular weight is 283 g/mol. The highest BCUT2D eigenvalue weighted by atomic mass is 35.5. The number of benzene rings is 1. The van der Waals surface area contributed by atoms with Crippen molar-refractivity contribution in [2.75, 3.05) is 13.2 Å². The molecular formula is C12H8Cl2N2O2. The third kappa shape index (κ3) is 1.98. The fourth-order valence-electron chi connectivity index (χ4n) is 1.76. The third-order valence-electron chi connectivity index (χ3n) is 2.52. The molecule has 0 saturated carbocycles. The van der Waals surface area contributed by atoms with E-state index in [1.165, 1.54) is 6.20 Å². The molecule has 1 aromatic heterocycles. The van der Waals surface area contributed by atoms with Gasteiger partial charge in [-0.1, -0.05) is 23.2 Å². The first-order chi connectivity index (χ1) is 8.75. The van der Waals surface area contributed by atoms with Crippen LogP contribution in [0.1, 0.15) is 0 Å². The third-order valence-corrected chi connectivity index (χ3v) is 3.08. The van der Waals surface area contributed by atoms with Gasteiger partial charge in [0.15, 0.2) is 16.7 Å². The van der Waals surface area contributed by atoms with Gasteiger partial charge < -0.3 is 9.47 Å². The van der Waals surface area contributed by atoms with Crippen LogP contribution in [0.3, 0.4) is 0 Å². The Bertz CT molecular complexity index is 605. The molecule has 4 nitrogen and oxygen atoms in total. The molecule has 0 unspecified atom stereocenters. The molecule has 92 valence electrons. The van der Waals surface area contributed by atoms with Gasteiger partial charge in [-0.3, -0.25) is 4.98 Å². The molecule has 18 heavy (non-hydrogen) atoms. The summed E-state index contributed by atoms with van der Waals surface area (Å²) in [5.74, 6) is 1.16. The molecule has 0 spiro atoms. The van der Waals surface area contributed by atoms with Crippen LogP contribution in [0.25, 0.3) is 11.3 Å². The monoisotopic (exact) mass is 282 g/mol. The molecule has 1 aromatic carbocycles. The van der Waals surface area contributed by atoms with E-state index in [9.17, 15) is 0 Å². The summed E-state index contributed by atoms with van der Waals surface area (Å²) in [5.41, 5.74) is 1.32. The quantitative estimate of drug-likeness (QED) is 0.806. The standard InChI is InChI=1S/C12H8Cl2N2O2/c13-8-5-7(10-12(14)16-2-1-15-10)6-9-11(8)18-4-3-17-9/h1-2,5-6H,3-4H2. The minimum atomic E-state index is 0.324. The van der Waals surface area contributed by atoms with Gasteiger partial charge in [-0.2, -0.15) is 0 Å². The molecule has 0 atom stereocenters. The Morgan fingerprint density at radius 1 is 1.00 bits per heavy atom.